The van der Waals surface area contributed by atoms with E-state index in [1.807, 2.05) is 19.9 Å². The van der Waals surface area contributed by atoms with Crippen molar-refractivity contribution in [3.05, 3.63) is 67.6 Å². The summed E-state index contributed by atoms with van der Waals surface area (Å²) in [6.07, 6.45) is 0. The minimum Gasteiger partial charge on any atom is -0.354 e. The summed E-state index contributed by atoms with van der Waals surface area (Å²) >= 11 is 25.6. The molecule has 0 saturated carbocycles. The highest BCUT2D eigenvalue weighted by Gasteiger charge is 2.26. The second kappa shape index (κ2) is 13.0. The maximum absolute atomic E-state index is 13.1. The van der Waals surface area contributed by atoms with Crippen molar-refractivity contribution in [3.8, 4) is 0 Å². The topological polar surface area (TPSA) is 49.4 Å². The molecule has 2 amide bonds. The maximum atomic E-state index is 13.1. The Hall–Kier alpha value is -1.11. The first-order chi connectivity index (χ1) is 15.1. The largest absolute Gasteiger partial charge is 0.354 e. The van der Waals surface area contributed by atoms with Crippen molar-refractivity contribution in [2.24, 2.45) is 5.92 Å². The Kier molecular flexibility index (Phi) is 11.0. The standard InChI is InChI=1S/C23H26Cl4N2O2S/c1-14(2)10-28-23(31)15(3)29(11-16-4-6-18(24)20(26)8-16)22(30)13-32-12-17-5-7-19(25)21(27)9-17/h4-9,14-15H,10-13H2,1-3H3,(H,28,31). The number of amides is 2. The zero-order chi connectivity index (χ0) is 23.8. The highest BCUT2D eigenvalue weighted by molar-refractivity contribution is 7.99. The van der Waals surface area contributed by atoms with Crippen LogP contribution >= 0.6 is 58.2 Å². The zero-order valence-corrected chi connectivity index (χ0v) is 22.0. The van der Waals surface area contributed by atoms with Gasteiger partial charge >= 0.3 is 0 Å². The van der Waals surface area contributed by atoms with E-state index in [-0.39, 0.29) is 24.1 Å². The fourth-order valence-electron chi connectivity index (χ4n) is 2.84. The molecule has 1 atom stereocenters. The predicted octanol–water partition coefficient (Wildman–Crippen LogP) is 6.72. The van der Waals surface area contributed by atoms with Gasteiger partial charge in [-0.25, -0.2) is 0 Å². The van der Waals surface area contributed by atoms with Crippen molar-refractivity contribution < 1.29 is 9.59 Å². The lowest BCUT2D eigenvalue weighted by molar-refractivity contribution is -0.138. The molecule has 2 aromatic rings. The number of nitrogens with one attached hydrogen (secondary N) is 1. The molecule has 0 bridgehead atoms. The third-order valence-electron chi connectivity index (χ3n) is 4.67. The number of hydrogen-bond acceptors (Lipinski definition) is 3. The normalized spacial score (nSPS) is 12.0. The van der Waals surface area contributed by atoms with Crippen LogP contribution in [0.1, 0.15) is 31.9 Å². The molecule has 4 nitrogen and oxygen atoms in total. The van der Waals surface area contributed by atoms with Crippen LogP contribution in [0.25, 0.3) is 0 Å². The number of carbonyl (C=O) groups excluding carboxylic acids is 2. The number of rotatable bonds is 10. The Morgan fingerprint density at radius 2 is 1.47 bits per heavy atom. The fraction of sp³-hybridized carbons (Fsp3) is 0.391. The average molecular weight is 536 g/mol. The van der Waals surface area contributed by atoms with Crippen LogP contribution in [0.3, 0.4) is 0 Å². The van der Waals surface area contributed by atoms with Gasteiger partial charge in [-0.1, -0.05) is 72.4 Å². The summed E-state index contributed by atoms with van der Waals surface area (Å²) in [5, 5.41) is 4.72. The molecule has 0 aliphatic carbocycles. The van der Waals surface area contributed by atoms with E-state index >= 15 is 0 Å². The monoisotopic (exact) mass is 534 g/mol. The molecular weight excluding hydrogens is 510 g/mol. The molecule has 1 N–H and O–H groups in total. The molecule has 2 aromatic carbocycles. The average Bonchev–Trinajstić information content (AvgIpc) is 2.74. The van der Waals surface area contributed by atoms with Crippen LogP contribution in [-0.2, 0) is 21.9 Å². The van der Waals surface area contributed by atoms with Gasteiger partial charge < -0.3 is 10.2 Å². The molecule has 0 aliphatic rings. The first-order valence-corrected chi connectivity index (χ1v) is 12.8. The molecule has 1 unspecified atom stereocenters. The molecule has 2 rings (SSSR count). The highest BCUT2D eigenvalue weighted by atomic mass is 35.5. The number of benzene rings is 2. The van der Waals surface area contributed by atoms with E-state index in [1.54, 1.807) is 42.2 Å². The Labute approximate surface area is 213 Å². The van der Waals surface area contributed by atoms with Gasteiger partial charge in [-0.2, -0.15) is 0 Å². The Balaban J connectivity index is 2.10. The summed E-state index contributed by atoms with van der Waals surface area (Å²) < 4.78 is 0. The van der Waals surface area contributed by atoms with E-state index < -0.39 is 6.04 Å². The smallest absolute Gasteiger partial charge is 0.242 e. The summed E-state index contributed by atoms with van der Waals surface area (Å²) in [6, 6.07) is 9.96. The molecule has 32 heavy (non-hydrogen) atoms. The number of nitrogens with zero attached hydrogens (tertiary/aromatic N) is 1. The Bertz CT molecular complexity index is 956. The van der Waals surface area contributed by atoms with Crippen LogP contribution in [0.2, 0.25) is 20.1 Å². The maximum Gasteiger partial charge on any atom is 0.242 e. The van der Waals surface area contributed by atoms with Crippen molar-refractivity contribution in [1.29, 1.82) is 0 Å². The summed E-state index contributed by atoms with van der Waals surface area (Å²) in [5.41, 5.74) is 1.77. The van der Waals surface area contributed by atoms with Gasteiger partial charge in [-0.15, -0.1) is 11.8 Å². The molecule has 0 fully saturated rings. The minimum absolute atomic E-state index is 0.145. The van der Waals surface area contributed by atoms with Gasteiger partial charge in [0.2, 0.25) is 11.8 Å². The number of carbonyl (C=O) groups is 2. The van der Waals surface area contributed by atoms with E-state index in [2.05, 4.69) is 5.32 Å². The van der Waals surface area contributed by atoms with Crippen LogP contribution in [0.5, 0.6) is 0 Å². The van der Waals surface area contributed by atoms with E-state index in [0.717, 1.165) is 11.1 Å². The van der Waals surface area contributed by atoms with Crippen LogP contribution in [0, 0.1) is 5.92 Å². The third-order valence-corrected chi connectivity index (χ3v) is 7.13. The van der Waals surface area contributed by atoms with Crippen LogP contribution in [0.15, 0.2) is 36.4 Å². The lowest BCUT2D eigenvalue weighted by Crippen LogP contribution is -2.48. The molecule has 0 spiro atoms. The molecule has 174 valence electrons. The van der Waals surface area contributed by atoms with Crippen molar-refractivity contribution in [2.45, 2.75) is 39.1 Å². The van der Waals surface area contributed by atoms with Gasteiger partial charge in [0.05, 0.1) is 25.8 Å². The van der Waals surface area contributed by atoms with E-state index in [4.69, 9.17) is 46.4 Å². The first kappa shape index (κ1) is 27.1. The number of halogens is 4. The molecule has 0 saturated heterocycles. The second-order valence-electron chi connectivity index (χ2n) is 7.83. The molecular formula is C23H26Cl4N2O2S. The van der Waals surface area contributed by atoms with Crippen molar-refractivity contribution in [2.75, 3.05) is 12.3 Å². The van der Waals surface area contributed by atoms with Crippen molar-refractivity contribution in [3.63, 3.8) is 0 Å². The molecule has 0 heterocycles. The molecule has 0 aliphatic heterocycles. The minimum atomic E-state index is -0.638. The number of hydrogen-bond donors (Lipinski definition) is 1. The van der Waals surface area contributed by atoms with Crippen molar-refractivity contribution in [1.82, 2.24) is 10.2 Å². The summed E-state index contributed by atoms with van der Waals surface area (Å²) in [7, 11) is 0. The third kappa shape index (κ3) is 8.35. The molecule has 0 radical (unpaired) electrons. The predicted molar refractivity (Wildman–Crippen MR) is 137 cm³/mol. The van der Waals surface area contributed by atoms with Gasteiger partial charge in [0.25, 0.3) is 0 Å². The van der Waals surface area contributed by atoms with Crippen LogP contribution in [-0.4, -0.2) is 35.1 Å². The second-order valence-corrected chi connectivity index (χ2v) is 10.4. The summed E-state index contributed by atoms with van der Waals surface area (Å²) in [4.78, 5) is 27.4. The first-order valence-electron chi connectivity index (χ1n) is 10.1. The summed E-state index contributed by atoms with van der Waals surface area (Å²) in [5.74, 6) is 0.780. The van der Waals surface area contributed by atoms with Crippen molar-refractivity contribution >= 4 is 70.0 Å². The van der Waals surface area contributed by atoms with E-state index in [0.29, 0.717) is 38.3 Å². The zero-order valence-electron chi connectivity index (χ0n) is 18.1. The Morgan fingerprint density at radius 3 is 2.03 bits per heavy atom. The molecule has 0 aromatic heterocycles. The van der Waals surface area contributed by atoms with Crippen LogP contribution in [0.4, 0.5) is 0 Å². The van der Waals surface area contributed by atoms with Gasteiger partial charge in [-0.3, -0.25) is 9.59 Å². The number of thioether (sulfide) groups is 1. The molecule has 9 heteroatoms. The fourth-order valence-corrected chi connectivity index (χ4v) is 4.34. The van der Waals surface area contributed by atoms with E-state index in [9.17, 15) is 9.59 Å². The van der Waals surface area contributed by atoms with Crippen LogP contribution < -0.4 is 5.32 Å². The van der Waals surface area contributed by atoms with Gasteiger partial charge in [0.15, 0.2) is 0 Å². The lowest BCUT2D eigenvalue weighted by Gasteiger charge is -2.29. The van der Waals surface area contributed by atoms with E-state index in [1.165, 1.54) is 11.8 Å². The van der Waals surface area contributed by atoms with Gasteiger partial charge in [0, 0.05) is 18.8 Å². The lowest BCUT2D eigenvalue weighted by atomic mass is 10.1. The quantitative estimate of drug-likeness (QED) is 0.367. The Morgan fingerprint density at radius 1 is 0.906 bits per heavy atom. The SMILES string of the molecule is CC(C)CNC(=O)C(C)N(Cc1ccc(Cl)c(Cl)c1)C(=O)CSCc1ccc(Cl)c(Cl)c1. The van der Waals surface area contributed by atoms with Gasteiger partial charge in [0.1, 0.15) is 6.04 Å². The summed E-state index contributed by atoms with van der Waals surface area (Å²) in [6.45, 7) is 6.56. The highest BCUT2D eigenvalue weighted by Crippen LogP contribution is 2.26. The van der Waals surface area contributed by atoms with Gasteiger partial charge in [-0.05, 0) is 48.2 Å².